The summed E-state index contributed by atoms with van der Waals surface area (Å²) in [6.45, 7) is 0. The number of ether oxygens (including phenoxy) is 1. The average Bonchev–Trinajstić information content (AvgIpc) is 2.59. The van der Waals surface area contributed by atoms with Crippen molar-refractivity contribution in [2.75, 3.05) is 6.16 Å². The Kier molecular flexibility index (Phi) is 7.48. The SMILES string of the molecule is N[C@@H](CCC(=O)O)P(=O)(O)CCc1ccccc1OC1CCCCC1. The van der Waals surface area contributed by atoms with E-state index >= 15 is 0 Å². The molecule has 4 N–H and O–H groups in total. The number of para-hydroxylation sites is 1. The molecule has 2 rings (SSSR count). The minimum Gasteiger partial charge on any atom is -0.490 e. The molecule has 0 bridgehead atoms. The van der Waals surface area contributed by atoms with Crippen LogP contribution in [0.15, 0.2) is 24.3 Å². The minimum atomic E-state index is -3.61. The number of hydrogen-bond acceptors (Lipinski definition) is 4. The lowest BCUT2D eigenvalue weighted by atomic mass is 9.97. The average molecular weight is 369 g/mol. The Labute approximate surface area is 148 Å². The van der Waals surface area contributed by atoms with Crippen LogP contribution in [-0.2, 0) is 15.8 Å². The number of aliphatic carboxylic acids is 1. The largest absolute Gasteiger partial charge is 0.490 e. The summed E-state index contributed by atoms with van der Waals surface area (Å²) in [5, 5.41) is 8.68. The molecule has 1 aromatic carbocycles. The van der Waals surface area contributed by atoms with Crippen molar-refractivity contribution in [3.63, 3.8) is 0 Å². The molecule has 1 unspecified atom stereocenters. The van der Waals surface area contributed by atoms with Gasteiger partial charge in [-0.3, -0.25) is 9.36 Å². The molecule has 0 aromatic heterocycles. The van der Waals surface area contributed by atoms with Gasteiger partial charge in [-0.25, -0.2) is 0 Å². The molecule has 7 heteroatoms. The lowest BCUT2D eigenvalue weighted by molar-refractivity contribution is -0.137. The zero-order valence-electron chi connectivity index (χ0n) is 14.5. The molecular weight excluding hydrogens is 341 g/mol. The standard InChI is InChI=1S/C18H28NO5P/c19-17(10-11-18(20)21)25(22,23)13-12-14-6-4-5-9-16(14)24-15-7-2-1-3-8-15/h4-6,9,15,17H,1-3,7-8,10-13,19H2,(H,20,21)(H,22,23)/t17-/m1/s1. The van der Waals surface area contributed by atoms with Gasteiger partial charge in [-0.1, -0.05) is 24.6 Å². The first-order valence-electron chi connectivity index (χ1n) is 8.92. The Morgan fingerprint density at radius 1 is 1.28 bits per heavy atom. The van der Waals surface area contributed by atoms with Gasteiger partial charge in [0.2, 0.25) is 7.37 Å². The lowest BCUT2D eigenvalue weighted by Crippen LogP contribution is -2.23. The summed E-state index contributed by atoms with van der Waals surface area (Å²) < 4.78 is 18.5. The van der Waals surface area contributed by atoms with Crippen LogP contribution in [0.4, 0.5) is 0 Å². The predicted molar refractivity (Wildman–Crippen MR) is 97.2 cm³/mol. The van der Waals surface area contributed by atoms with Crippen LogP contribution in [0.25, 0.3) is 0 Å². The molecule has 1 fully saturated rings. The summed E-state index contributed by atoms with van der Waals surface area (Å²) in [4.78, 5) is 20.8. The second-order valence-corrected chi connectivity index (χ2v) is 9.34. The van der Waals surface area contributed by atoms with Gasteiger partial charge in [0.1, 0.15) is 5.75 Å². The number of carbonyl (C=O) groups is 1. The fourth-order valence-electron chi connectivity index (χ4n) is 3.11. The Bertz CT molecular complexity index is 615. The molecular formula is C18H28NO5P. The fourth-order valence-corrected chi connectivity index (χ4v) is 4.53. The molecule has 1 saturated carbocycles. The maximum absolute atomic E-state index is 12.4. The summed E-state index contributed by atoms with van der Waals surface area (Å²) in [7, 11) is -3.61. The van der Waals surface area contributed by atoms with Crippen LogP contribution in [0.5, 0.6) is 5.75 Å². The first-order chi connectivity index (χ1) is 11.9. The molecule has 0 heterocycles. The van der Waals surface area contributed by atoms with Crippen molar-refractivity contribution in [2.24, 2.45) is 5.73 Å². The number of benzene rings is 1. The normalized spacial score (nSPS) is 19.1. The molecule has 6 nitrogen and oxygen atoms in total. The van der Waals surface area contributed by atoms with E-state index in [9.17, 15) is 14.3 Å². The van der Waals surface area contributed by atoms with Gasteiger partial charge in [-0.05, 0) is 50.2 Å². The molecule has 0 radical (unpaired) electrons. The van der Waals surface area contributed by atoms with E-state index in [0.717, 1.165) is 24.2 Å². The van der Waals surface area contributed by atoms with Crippen LogP contribution in [0.2, 0.25) is 0 Å². The molecule has 1 aromatic rings. The summed E-state index contributed by atoms with van der Waals surface area (Å²) in [5.41, 5.74) is 6.64. The van der Waals surface area contributed by atoms with Crippen LogP contribution in [0.3, 0.4) is 0 Å². The van der Waals surface area contributed by atoms with Crippen molar-refractivity contribution in [3.8, 4) is 5.75 Å². The second kappa shape index (κ2) is 9.37. The van der Waals surface area contributed by atoms with Crippen molar-refractivity contribution in [1.29, 1.82) is 0 Å². The third-order valence-corrected chi connectivity index (χ3v) is 6.85. The van der Waals surface area contributed by atoms with E-state index in [2.05, 4.69) is 0 Å². The van der Waals surface area contributed by atoms with Crippen molar-refractivity contribution < 1.29 is 24.1 Å². The van der Waals surface area contributed by atoms with Crippen molar-refractivity contribution in [2.45, 2.75) is 63.3 Å². The number of nitrogens with two attached hydrogens (primary N) is 1. The number of rotatable bonds is 9. The van der Waals surface area contributed by atoms with Gasteiger partial charge < -0.3 is 20.5 Å². The molecule has 140 valence electrons. The highest BCUT2D eigenvalue weighted by Crippen LogP contribution is 2.46. The molecule has 0 amide bonds. The Hall–Kier alpha value is -1.36. The summed E-state index contributed by atoms with van der Waals surface area (Å²) >= 11 is 0. The predicted octanol–water partition coefficient (Wildman–Crippen LogP) is 3.36. The molecule has 1 aliphatic carbocycles. The number of aryl methyl sites for hydroxylation is 1. The van der Waals surface area contributed by atoms with Gasteiger partial charge in [0.25, 0.3) is 0 Å². The minimum absolute atomic E-state index is 0.00331. The molecule has 2 atom stereocenters. The Balaban J connectivity index is 1.95. The highest BCUT2D eigenvalue weighted by Gasteiger charge is 2.28. The highest BCUT2D eigenvalue weighted by molar-refractivity contribution is 7.58. The maximum atomic E-state index is 12.4. The highest BCUT2D eigenvalue weighted by atomic mass is 31.2. The van der Waals surface area contributed by atoms with Crippen LogP contribution < -0.4 is 10.5 Å². The molecule has 0 spiro atoms. The molecule has 0 aliphatic heterocycles. The van der Waals surface area contributed by atoms with Gasteiger partial charge in [-0.2, -0.15) is 0 Å². The summed E-state index contributed by atoms with van der Waals surface area (Å²) in [6.07, 6.45) is 6.14. The first kappa shape index (κ1) is 20.0. The number of hydrogen-bond donors (Lipinski definition) is 3. The van der Waals surface area contributed by atoms with E-state index in [4.69, 9.17) is 15.6 Å². The van der Waals surface area contributed by atoms with Crippen LogP contribution in [0, 0.1) is 0 Å². The van der Waals surface area contributed by atoms with E-state index in [-0.39, 0.29) is 25.1 Å². The zero-order valence-corrected chi connectivity index (χ0v) is 15.4. The Morgan fingerprint density at radius 2 is 1.96 bits per heavy atom. The summed E-state index contributed by atoms with van der Waals surface area (Å²) in [6, 6.07) is 7.59. The van der Waals surface area contributed by atoms with E-state index < -0.39 is 19.1 Å². The van der Waals surface area contributed by atoms with Crippen LogP contribution in [0.1, 0.15) is 50.5 Å². The molecule has 1 aliphatic rings. The van der Waals surface area contributed by atoms with Crippen molar-refractivity contribution in [3.05, 3.63) is 29.8 Å². The lowest BCUT2D eigenvalue weighted by Gasteiger charge is -2.25. The molecule has 25 heavy (non-hydrogen) atoms. The third-order valence-electron chi connectivity index (χ3n) is 4.69. The van der Waals surface area contributed by atoms with Gasteiger partial charge >= 0.3 is 5.97 Å². The van der Waals surface area contributed by atoms with E-state index in [1.165, 1.54) is 19.3 Å². The van der Waals surface area contributed by atoms with E-state index in [1.807, 2.05) is 24.3 Å². The van der Waals surface area contributed by atoms with Crippen LogP contribution >= 0.6 is 7.37 Å². The monoisotopic (exact) mass is 369 g/mol. The van der Waals surface area contributed by atoms with Gasteiger partial charge in [0.05, 0.1) is 11.9 Å². The second-order valence-electron chi connectivity index (χ2n) is 6.71. The summed E-state index contributed by atoms with van der Waals surface area (Å²) in [5.74, 6) is -1.25. The van der Waals surface area contributed by atoms with Gasteiger partial charge in [0.15, 0.2) is 0 Å². The van der Waals surface area contributed by atoms with Crippen molar-refractivity contribution in [1.82, 2.24) is 0 Å². The van der Waals surface area contributed by atoms with Gasteiger partial charge in [-0.15, -0.1) is 0 Å². The topological polar surface area (TPSA) is 110 Å². The first-order valence-corrected chi connectivity index (χ1v) is 10.8. The number of carboxylic acids is 1. The van der Waals surface area contributed by atoms with Crippen molar-refractivity contribution >= 4 is 13.3 Å². The number of carboxylic acid groups (broad SMARTS) is 1. The van der Waals surface area contributed by atoms with E-state index in [0.29, 0.717) is 6.42 Å². The third kappa shape index (κ3) is 6.46. The smallest absolute Gasteiger partial charge is 0.303 e. The zero-order chi connectivity index (χ0) is 18.3. The molecule has 0 saturated heterocycles. The van der Waals surface area contributed by atoms with E-state index in [1.54, 1.807) is 0 Å². The quantitative estimate of drug-likeness (QED) is 0.576. The Morgan fingerprint density at radius 3 is 2.64 bits per heavy atom. The van der Waals surface area contributed by atoms with Gasteiger partial charge in [0, 0.05) is 12.6 Å². The fraction of sp³-hybridized carbons (Fsp3) is 0.611. The maximum Gasteiger partial charge on any atom is 0.303 e. The van der Waals surface area contributed by atoms with Crippen LogP contribution in [-0.4, -0.2) is 34.0 Å².